The first-order valence-corrected chi connectivity index (χ1v) is 6.16. The molecule has 94 valence electrons. The van der Waals surface area contributed by atoms with E-state index in [1.807, 2.05) is 41.3 Å². The summed E-state index contributed by atoms with van der Waals surface area (Å²) in [6, 6.07) is 7.79. The lowest BCUT2D eigenvalue weighted by Crippen LogP contribution is -2.16. The molecule has 0 spiro atoms. The number of benzene rings is 1. The predicted octanol–water partition coefficient (Wildman–Crippen LogP) is 1.32. The molecule has 0 saturated heterocycles. The first kappa shape index (κ1) is 12.4. The van der Waals surface area contributed by atoms with Crippen LogP contribution in [-0.4, -0.2) is 18.1 Å². The molecule has 2 rings (SSSR count). The van der Waals surface area contributed by atoms with Gasteiger partial charge >= 0.3 is 0 Å². The van der Waals surface area contributed by atoms with Crippen molar-refractivity contribution < 1.29 is 9.53 Å². The van der Waals surface area contributed by atoms with Crippen LogP contribution in [0.4, 0.5) is 0 Å². The van der Waals surface area contributed by atoms with Crippen molar-refractivity contribution in [2.75, 3.05) is 7.11 Å². The van der Waals surface area contributed by atoms with Crippen LogP contribution in [0.25, 0.3) is 11.3 Å². The first-order valence-electron chi connectivity index (χ1n) is 5.28. The van der Waals surface area contributed by atoms with Crippen LogP contribution in [0.1, 0.15) is 0 Å². The Labute approximate surface area is 108 Å². The summed E-state index contributed by atoms with van der Waals surface area (Å²) in [5.41, 5.74) is 4.41. The summed E-state index contributed by atoms with van der Waals surface area (Å²) >= 11 is 1.46. The van der Waals surface area contributed by atoms with Gasteiger partial charge in [0.05, 0.1) is 12.8 Å². The molecule has 18 heavy (non-hydrogen) atoms. The molecule has 0 radical (unpaired) electrons. The average Bonchev–Trinajstić information content (AvgIpc) is 2.78. The predicted molar refractivity (Wildman–Crippen MR) is 70.0 cm³/mol. The molecule has 0 aliphatic carbocycles. The van der Waals surface area contributed by atoms with E-state index in [0.717, 1.165) is 21.8 Å². The fourth-order valence-corrected chi connectivity index (χ4v) is 2.45. The monoisotopic (exact) mass is 263 g/mol. The number of ether oxygens (including phenoxy) is 1. The quantitative estimate of drug-likeness (QED) is 0.668. The highest BCUT2D eigenvalue weighted by Crippen LogP contribution is 2.22. The molecule has 2 aromatic rings. The molecule has 1 aromatic heterocycles. The van der Waals surface area contributed by atoms with Crippen molar-refractivity contribution in [2.24, 2.45) is 12.1 Å². The third-order valence-electron chi connectivity index (χ3n) is 2.52. The number of carbonyl (C=O) groups excluding carboxylic acids is 1. The number of methoxy groups -OCH3 is 1. The Morgan fingerprint density at radius 2 is 2.11 bits per heavy atom. The third kappa shape index (κ3) is 2.43. The summed E-state index contributed by atoms with van der Waals surface area (Å²) in [6.07, 6.45) is 0.548. The normalized spacial score (nSPS) is 11.3. The number of thiazole rings is 1. The molecule has 0 aliphatic heterocycles. The Morgan fingerprint density at radius 1 is 1.39 bits per heavy atom. The lowest BCUT2D eigenvalue weighted by Gasteiger charge is -2.04. The highest BCUT2D eigenvalue weighted by Gasteiger charge is 2.04. The zero-order valence-corrected chi connectivity index (χ0v) is 10.9. The van der Waals surface area contributed by atoms with Gasteiger partial charge in [0.15, 0.2) is 0 Å². The van der Waals surface area contributed by atoms with Crippen LogP contribution in [0.15, 0.2) is 34.7 Å². The standard InChI is InChI=1S/C12H13N3O2S/c1-15-11(7-18-12(15)14-13-8-16)9-3-5-10(17-2)6-4-9/h3-8H,1-2H3,(H,13,16)/b14-12+. The van der Waals surface area contributed by atoms with Crippen molar-refractivity contribution in [3.05, 3.63) is 34.4 Å². The highest BCUT2D eigenvalue weighted by molar-refractivity contribution is 7.07. The zero-order valence-electron chi connectivity index (χ0n) is 10.1. The molecule has 0 atom stereocenters. The number of hydrogen-bond donors (Lipinski definition) is 1. The molecule has 1 heterocycles. The van der Waals surface area contributed by atoms with E-state index in [0.29, 0.717) is 6.41 Å². The van der Waals surface area contributed by atoms with Gasteiger partial charge in [0, 0.05) is 12.4 Å². The van der Waals surface area contributed by atoms with E-state index in [1.165, 1.54) is 11.3 Å². The Morgan fingerprint density at radius 3 is 2.72 bits per heavy atom. The molecular weight excluding hydrogens is 250 g/mol. The van der Waals surface area contributed by atoms with Crippen LogP contribution in [0, 0.1) is 0 Å². The van der Waals surface area contributed by atoms with Gasteiger partial charge in [0.2, 0.25) is 11.2 Å². The van der Waals surface area contributed by atoms with Crippen LogP contribution < -0.4 is 15.0 Å². The SMILES string of the molecule is COc1ccc(-c2cs/c(=N/NC=O)n2C)cc1. The molecule has 0 bridgehead atoms. The van der Waals surface area contributed by atoms with Gasteiger partial charge in [0.25, 0.3) is 0 Å². The molecule has 0 aliphatic rings. The minimum Gasteiger partial charge on any atom is -0.497 e. The molecule has 0 saturated carbocycles. The van der Waals surface area contributed by atoms with Gasteiger partial charge in [-0.15, -0.1) is 16.4 Å². The van der Waals surface area contributed by atoms with E-state index in [4.69, 9.17) is 4.74 Å². The maximum Gasteiger partial charge on any atom is 0.227 e. The average molecular weight is 263 g/mol. The number of hydrogen-bond acceptors (Lipinski definition) is 4. The van der Waals surface area contributed by atoms with Gasteiger partial charge in [0.1, 0.15) is 5.75 Å². The van der Waals surface area contributed by atoms with Gasteiger partial charge in [-0.2, -0.15) is 0 Å². The fraction of sp³-hybridized carbons (Fsp3) is 0.167. The highest BCUT2D eigenvalue weighted by atomic mass is 32.1. The van der Waals surface area contributed by atoms with Crippen molar-refractivity contribution in [2.45, 2.75) is 0 Å². The molecule has 1 N–H and O–H groups in total. The van der Waals surface area contributed by atoms with Crippen LogP contribution >= 0.6 is 11.3 Å². The second-order valence-corrected chi connectivity index (χ2v) is 4.39. The van der Waals surface area contributed by atoms with E-state index in [9.17, 15) is 4.79 Å². The van der Waals surface area contributed by atoms with Crippen LogP contribution in [0.2, 0.25) is 0 Å². The van der Waals surface area contributed by atoms with Gasteiger partial charge in [-0.3, -0.25) is 4.79 Å². The lowest BCUT2D eigenvalue weighted by atomic mass is 10.1. The minimum atomic E-state index is 0.548. The van der Waals surface area contributed by atoms with Gasteiger partial charge in [-0.1, -0.05) is 0 Å². The van der Waals surface area contributed by atoms with E-state index in [-0.39, 0.29) is 0 Å². The van der Waals surface area contributed by atoms with E-state index in [1.54, 1.807) is 7.11 Å². The smallest absolute Gasteiger partial charge is 0.227 e. The van der Waals surface area contributed by atoms with Gasteiger partial charge in [-0.25, -0.2) is 5.43 Å². The second-order valence-electron chi connectivity index (χ2n) is 3.55. The summed E-state index contributed by atoms with van der Waals surface area (Å²) < 4.78 is 7.04. The Bertz CT molecular complexity index is 599. The van der Waals surface area contributed by atoms with Crippen LogP contribution in [-0.2, 0) is 11.8 Å². The molecular formula is C12H13N3O2S. The first-order chi connectivity index (χ1) is 8.76. The maximum atomic E-state index is 10.2. The zero-order chi connectivity index (χ0) is 13.0. The lowest BCUT2D eigenvalue weighted by molar-refractivity contribution is -0.109. The largest absolute Gasteiger partial charge is 0.497 e. The van der Waals surface area contributed by atoms with Crippen LogP contribution in [0.3, 0.4) is 0 Å². The molecule has 5 nitrogen and oxygen atoms in total. The van der Waals surface area contributed by atoms with Gasteiger partial charge in [-0.05, 0) is 29.8 Å². The number of nitrogens with one attached hydrogen (secondary N) is 1. The van der Waals surface area contributed by atoms with E-state index >= 15 is 0 Å². The fourth-order valence-electron chi connectivity index (χ4n) is 1.58. The summed E-state index contributed by atoms with van der Waals surface area (Å²) in [4.78, 5) is 10.9. The summed E-state index contributed by atoms with van der Waals surface area (Å²) in [5, 5.41) is 5.94. The number of carbonyl (C=O) groups is 1. The van der Waals surface area contributed by atoms with Crippen molar-refractivity contribution in [1.29, 1.82) is 0 Å². The van der Waals surface area contributed by atoms with Crippen LogP contribution in [0.5, 0.6) is 5.75 Å². The molecule has 0 unspecified atom stereocenters. The van der Waals surface area contributed by atoms with Crippen molar-refractivity contribution in [3.63, 3.8) is 0 Å². The second kappa shape index (κ2) is 5.50. The molecule has 1 aromatic carbocycles. The Hall–Kier alpha value is -2.08. The van der Waals surface area contributed by atoms with Crippen molar-refractivity contribution in [1.82, 2.24) is 9.99 Å². The summed E-state index contributed by atoms with van der Waals surface area (Å²) in [6.45, 7) is 0. The molecule has 6 heteroatoms. The molecule has 0 fully saturated rings. The number of aromatic nitrogens is 1. The Balaban J connectivity index is 2.38. The Kier molecular flexibility index (Phi) is 3.78. The summed E-state index contributed by atoms with van der Waals surface area (Å²) in [7, 11) is 3.54. The third-order valence-corrected chi connectivity index (χ3v) is 3.44. The topological polar surface area (TPSA) is 55.6 Å². The minimum absolute atomic E-state index is 0.548. The van der Waals surface area contributed by atoms with E-state index < -0.39 is 0 Å². The number of rotatable bonds is 4. The van der Waals surface area contributed by atoms with E-state index in [2.05, 4.69) is 10.5 Å². The maximum absolute atomic E-state index is 10.2. The van der Waals surface area contributed by atoms with Crippen molar-refractivity contribution in [3.8, 4) is 17.0 Å². The number of amides is 1. The summed E-state index contributed by atoms with van der Waals surface area (Å²) in [5.74, 6) is 0.823. The van der Waals surface area contributed by atoms with Crippen molar-refractivity contribution >= 4 is 17.7 Å². The number of nitrogens with zero attached hydrogens (tertiary/aromatic N) is 2. The van der Waals surface area contributed by atoms with Gasteiger partial charge < -0.3 is 9.30 Å². The molecule has 1 amide bonds.